The molecule has 1 amide bonds. The number of hydrogen-bond donors (Lipinski definition) is 1. The van der Waals surface area contributed by atoms with Gasteiger partial charge in [-0.15, -0.1) is 0 Å². The fourth-order valence-corrected chi connectivity index (χ4v) is 3.60. The lowest BCUT2D eigenvalue weighted by Crippen LogP contribution is -2.49. The summed E-state index contributed by atoms with van der Waals surface area (Å²) < 4.78 is 6.74. The highest BCUT2D eigenvalue weighted by Gasteiger charge is 2.27. The average molecular weight is 427 g/mol. The fraction of sp³-hybridized carbons (Fsp3) is 0.579. The molecule has 7 heteroatoms. The van der Waals surface area contributed by atoms with Crippen LogP contribution in [0.4, 0.5) is 5.69 Å². The van der Waals surface area contributed by atoms with Gasteiger partial charge in [-0.1, -0.05) is 36.7 Å². The van der Waals surface area contributed by atoms with Gasteiger partial charge in [0.05, 0.1) is 19.2 Å². The van der Waals surface area contributed by atoms with E-state index < -0.39 is 5.97 Å². The second-order valence-electron chi connectivity index (χ2n) is 7.52. The number of carboxylic acids is 1. The van der Waals surface area contributed by atoms with Gasteiger partial charge in [0.2, 0.25) is 5.91 Å². The van der Waals surface area contributed by atoms with Gasteiger partial charge < -0.3 is 19.6 Å². The predicted octanol–water partition coefficient (Wildman–Crippen LogP) is 3.27. The number of carbonyl (C=O) groups excluding carboxylic acids is 1. The van der Waals surface area contributed by atoms with Crippen LogP contribution in [0, 0.1) is 0 Å². The Morgan fingerprint density at radius 2 is 1.77 bits per heavy atom. The second kappa shape index (κ2) is 8.29. The minimum atomic E-state index is -0.939. The lowest BCUT2D eigenvalue weighted by Gasteiger charge is -2.37. The Labute approximate surface area is 163 Å². The van der Waals surface area contributed by atoms with Crippen LogP contribution < -0.4 is 9.64 Å². The fourth-order valence-electron chi connectivity index (χ4n) is 3.15. The van der Waals surface area contributed by atoms with Gasteiger partial charge in [0, 0.05) is 42.6 Å². The lowest BCUT2D eigenvalue weighted by molar-refractivity contribution is -0.141. The van der Waals surface area contributed by atoms with Crippen molar-refractivity contribution in [2.75, 3.05) is 38.2 Å². The number of ether oxygens (including phenoxy) is 1. The highest BCUT2D eigenvalue weighted by Crippen LogP contribution is 2.41. The molecule has 1 N–H and O–H groups in total. The van der Waals surface area contributed by atoms with E-state index in [2.05, 4.69) is 53.7 Å². The topological polar surface area (TPSA) is 70.1 Å². The van der Waals surface area contributed by atoms with Gasteiger partial charge >= 0.3 is 5.97 Å². The van der Waals surface area contributed by atoms with Gasteiger partial charge in [-0.25, -0.2) is 0 Å². The third-order valence-electron chi connectivity index (χ3n) is 4.57. The first-order valence-electron chi connectivity index (χ1n) is 8.76. The molecule has 0 radical (unpaired) electrons. The smallest absolute Gasteiger partial charge is 0.303 e. The summed E-state index contributed by atoms with van der Waals surface area (Å²) in [5.74, 6) is -0.166. The maximum Gasteiger partial charge on any atom is 0.303 e. The summed E-state index contributed by atoms with van der Waals surface area (Å²) in [6, 6.07) is 4.14. The molecule has 6 nitrogen and oxygen atoms in total. The number of aliphatic carboxylic acids is 1. The van der Waals surface area contributed by atoms with Crippen LogP contribution in [0.15, 0.2) is 16.6 Å². The van der Waals surface area contributed by atoms with Crippen LogP contribution >= 0.6 is 15.9 Å². The number of carbonyl (C=O) groups is 2. The summed E-state index contributed by atoms with van der Waals surface area (Å²) in [7, 11) is 1.69. The Kier molecular flexibility index (Phi) is 6.55. The molecule has 1 fully saturated rings. The van der Waals surface area contributed by atoms with E-state index in [0.717, 1.165) is 21.5 Å². The Bertz CT molecular complexity index is 677. The number of halogens is 1. The van der Waals surface area contributed by atoms with Crippen molar-refractivity contribution in [3.63, 3.8) is 0 Å². The molecular formula is C19H27BrN2O4. The summed E-state index contributed by atoms with van der Waals surface area (Å²) in [6.07, 6.45) is -0.0584. The first-order chi connectivity index (χ1) is 12.1. The number of methoxy groups -OCH3 is 1. The van der Waals surface area contributed by atoms with Crippen LogP contribution in [0.25, 0.3) is 0 Å². The molecule has 0 atom stereocenters. The lowest BCUT2D eigenvalue weighted by atomic mass is 9.86. The summed E-state index contributed by atoms with van der Waals surface area (Å²) in [6.45, 7) is 9.00. The number of anilines is 1. The van der Waals surface area contributed by atoms with Crippen LogP contribution in [0.2, 0.25) is 0 Å². The third kappa shape index (κ3) is 4.90. The SMILES string of the molecule is COc1c(N2CCN(C(=O)CCC(=O)O)CC2)cc(Br)cc1C(C)(C)C. The van der Waals surface area contributed by atoms with E-state index in [-0.39, 0.29) is 24.2 Å². The molecule has 1 aliphatic rings. The molecule has 0 unspecified atom stereocenters. The maximum absolute atomic E-state index is 12.1. The van der Waals surface area contributed by atoms with Crippen molar-refractivity contribution in [2.45, 2.75) is 39.0 Å². The molecule has 0 spiro atoms. The number of carboxylic acid groups (broad SMARTS) is 1. The zero-order chi connectivity index (χ0) is 19.5. The normalized spacial score (nSPS) is 15.1. The molecule has 1 heterocycles. The quantitative estimate of drug-likeness (QED) is 0.781. The molecule has 2 rings (SSSR count). The maximum atomic E-state index is 12.1. The van der Waals surface area contributed by atoms with Crippen LogP contribution in [0.1, 0.15) is 39.2 Å². The molecule has 0 aromatic heterocycles. The van der Waals surface area contributed by atoms with E-state index in [1.807, 2.05) is 0 Å². The van der Waals surface area contributed by atoms with E-state index in [1.165, 1.54) is 0 Å². The average Bonchev–Trinajstić information content (AvgIpc) is 2.58. The van der Waals surface area contributed by atoms with Gasteiger partial charge in [0.1, 0.15) is 5.75 Å². The van der Waals surface area contributed by atoms with Crippen molar-refractivity contribution in [3.8, 4) is 5.75 Å². The van der Waals surface area contributed by atoms with E-state index in [9.17, 15) is 9.59 Å². The molecule has 1 aromatic carbocycles. The first kappa shape index (κ1) is 20.6. The number of rotatable bonds is 5. The second-order valence-corrected chi connectivity index (χ2v) is 8.43. The van der Waals surface area contributed by atoms with E-state index in [0.29, 0.717) is 26.2 Å². The van der Waals surface area contributed by atoms with Crippen LogP contribution in [-0.2, 0) is 15.0 Å². The third-order valence-corrected chi connectivity index (χ3v) is 5.03. The zero-order valence-corrected chi connectivity index (χ0v) is 17.4. The molecule has 0 bridgehead atoms. The predicted molar refractivity (Wildman–Crippen MR) is 105 cm³/mol. The molecular weight excluding hydrogens is 400 g/mol. The van der Waals surface area contributed by atoms with Crippen LogP contribution in [0.5, 0.6) is 5.75 Å². The Morgan fingerprint density at radius 1 is 1.15 bits per heavy atom. The van der Waals surface area contributed by atoms with Crippen LogP contribution in [-0.4, -0.2) is 55.2 Å². The monoisotopic (exact) mass is 426 g/mol. The minimum Gasteiger partial charge on any atom is -0.494 e. The standard InChI is InChI=1S/C19H27BrN2O4/c1-19(2,3)14-11-13(20)12-15(18(14)26-4)21-7-9-22(10-8-21)16(23)5-6-17(24)25/h11-12H,5-10H2,1-4H3,(H,24,25). The molecule has 144 valence electrons. The number of amides is 1. The van der Waals surface area contributed by atoms with Crippen molar-refractivity contribution >= 4 is 33.5 Å². The molecule has 0 aliphatic carbocycles. The Hall–Kier alpha value is -1.76. The molecule has 1 saturated heterocycles. The van der Waals surface area contributed by atoms with Crippen molar-refractivity contribution < 1.29 is 19.4 Å². The highest BCUT2D eigenvalue weighted by atomic mass is 79.9. The molecule has 0 saturated carbocycles. The molecule has 1 aromatic rings. The van der Waals surface area contributed by atoms with Gasteiger partial charge in [-0.05, 0) is 17.5 Å². The summed E-state index contributed by atoms with van der Waals surface area (Å²) >= 11 is 3.60. The first-order valence-corrected chi connectivity index (χ1v) is 9.55. The number of piperazine rings is 1. The number of hydrogen-bond acceptors (Lipinski definition) is 4. The summed E-state index contributed by atoms with van der Waals surface area (Å²) in [5, 5.41) is 8.73. The number of nitrogens with zero attached hydrogens (tertiary/aromatic N) is 2. The Morgan fingerprint density at radius 3 is 2.27 bits per heavy atom. The van der Waals surface area contributed by atoms with Crippen LogP contribution in [0.3, 0.4) is 0 Å². The highest BCUT2D eigenvalue weighted by molar-refractivity contribution is 9.10. The van der Waals surface area contributed by atoms with Crippen molar-refractivity contribution in [1.82, 2.24) is 4.90 Å². The zero-order valence-electron chi connectivity index (χ0n) is 15.8. The summed E-state index contributed by atoms with van der Waals surface area (Å²) in [5.41, 5.74) is 2.09. The Balaban J connectivity index is 2.15. The van der Waals surface area contributed by atoms with Crippen molar-refractivity contribution in [3.05, 3.63) is 22.2 Å². The van der Waals surface area contributed by atoms with E-state index in [4.69, 9.17) is 9.84 Å². The number of benzene rings is 1. The van der Waals surface area contributed by atoms with Gasteiger partial charge in [-0.3, -0.25) is 9.59 Å². The molecule has 1 aliphatic heterocycles. The van der Waals surface area contributed by atoms with E-state index in [1.54, 1.807) is 12.0 Å². The van der Waals surface area contributed by atoms with Gasteiger partial charge in [0.15, 0.2) is 0 Å². The minimum absolute atomic E-state index is 0.0571. The molecule has 26 heavy (non-hydrogen) atoms. The summed E-state index contributed by atoms with van der Waals surface area (Å²) in [4.78, 5) is 26.7. The van der Waals surface area contributed by atoms with Crippen molar-refractivity contribution in [2.24, 2.45) is 0 Å². The largest absolute Gasteiger partial charge is 0.494 e. The van der Waals surface area contributed by atoms with E-state index >= 15 is 0 Å². The van der Waals surface area contributed by atoms with Gasteiger partial charge in [-0.2, -0.15) is 0 Å². The van der Waals surface area contributed by atoms with Gasteiger partial charge in [0.25, 0.3) is 0 Å². The van der Waals surface area contributed by atoms with Crippen molar-refractivity contribution in [1.29, 1.82) is 0 Å².